The molecule has 2 aliphatic rings. The zero-order valence-electron chi connectivity index (χ0n) is 19.6. The summed E-state index contributed by atoms with van der Waals surface area (Å²) in [6.45, 7) is 10.3. The standard InChI is InChI=1S/C23H40N3O4P/c1-18(2)26(19(3)4)31(29-15-9-13-24)30-16-10-14-25-23(27)28-17-22-20-11-7-5-6-8-12-21(20)22/h5-6,18-22H,7-12,14-17H2,1-4H3,(H,25,27)/b6-5-. The summed E-state index contributed by atoms with van der Waals surface area (Å²) in [4.78, 5) is 12.0. The largest absolute Gasteiger partial charge is 0.449 e. The molecule has 2 rings (SSSR count). The molecule has 2 aliphatic carbocycles. The van der Waals surface area contributed by atoms with Crippen molar-refractivity contribution >= 4 is 14.6 Å². The Labute approximate surface area is 189 Å². The summed E-state index contributed by atoms with van der Waals surface area (Å²) in [5, 5.41) is 11.6. The second kappa shape index (κ2) is 14.1. The van der Waals surface area contributed by atoms with E-state index in [1.165, 1.54) is 12.8 Å². The first kappa shape index (κ1) is 26.1. The number of allylic oxidation sites excluding steroid dienone is 2. The second-order valence-corrected chi connectivity index (χ2v) is 10.3. The molecule has 1 fully saturated rings. The van der Waals surface area contributed by atoms with E-state index >= 15 is 0 Å². The van der Waals surface area contributed by atoms with Crippen LogP contribution < -0.4 is 5.32 Å². The molecule has 8 heteroatoms. The number of amides is 1. The SMILES string of the molecule is CC(C)N(C(C)C)P(OCCC#N)OCCCNC(=O)OCC1C2CC/C=C\CCC21. The van der Waals surface area contributed by atoms with Crippen LogP contribution >= 0.6 is 8.53 Å². The van der Waals surface area contributed by atoms with Crippen molar-refractivity contribution in [2.75, 3.05) is 26.4 Å². The van der Waals surface area contributed by atoms with Crippen LogP contribution in [0.25, 0.3) is 0 Å². The van der Waals surface area contributed by atoms with Crippen LogP contribution in [-0.2, 0) is 13.8 Å². The molecule has 0 radical (unpaired) electrons. The van der Waals surface area contributed by atoms with Crippen LogP contribution in [0.1, 0.15) is 66.2 Å². The van der Waals surface area contributed by atoms with Crippen LogP contribution in [0.5, 0.6) is 0 Å². The number of alkyl carbamates (subject to hydrolysis) is 1. The van der Waals surface area contributed by atoms with Gasteiger partial charge in [0.15, 0.2) is 0 Å². The van der Waals surface area contributed by atoms with Gasteiger partial charge in [0.05, 0.1) is 32.3 Å². The first-order valence-corrected chi connectivity index (χ1v) is 12.9. The van der Waals surface area contributed by atoms with Gasteiger partial charge >= 0.3 is 6.09 Å². The summed E-state index contributed by atoms with van der Waals surface area (Å²) in [5.41, 5.74) is 0. The van der Waals surface area contributed by atoms with Crippen molar-refractivity contribution in [3.05, 3.63) is 12.2 Å². The molecule has 1 N–H and O–H groups in total. The quantitative estimate of drug-likeness (QED) is 0.229. The zero-order chi connectivity index (χ0) is 22.6. The monoisotopic (exact) mass is 453 g/mol. The number of nitrogens with zero attached hydrogens (tertiary/aromatic N) is 2. The third-order valence-electron chi connectivity index (χ3n) is 5.87. The van der Waals surface area contributed by atoms with Crippen molar-refractivity contribution in [1.82, 2.24) is 9.99 Å². The maximum absolute atomic E-state index is 12.0. The van der Waals surface area contributed by atoms with Crippen molar-refractivity contribution in [2.45, 2.75) is 78.3 Å². The third kappa shape index (κ3) is 9.06. The van der Waals surface area contributed by atoms with Crippen molar-refractivity contribution < 1.29 is 18.6 Å². The van der Waals surface area contributed by atoms with Gasteiger partial charge in [-0.15, -0.1) is 0 Å². The summed E-state index contributed by atoms with van der Waals surface area (Å²) in [7, 11) is -1.23. The number of nitrogens with one attached hydrogen (secondary N) is 1. The summed E-state index contributed by atoms with van der Waals surface area (Å²) >= 11 is 0. The number of fused-ring (bicyclic) bond motifs is 1. The molecule has 0 spiro atoms. The van der Waals surface area contributed by atoms with Gasteiger partial charge in [0.2, 0.25) is 0 Å². The Balaban J connectivity index is 1.62. The molecule has 3 unspecified atom stereocenters. The van der Waals surface area contributed by atoms with Crippen LogP contribution in [0.2, 0.25) is 0 Å². The van der Waals surface area contributed by atoms with E-state index < -0.39 is 8.53 Å². The van der Waals surface area contributed by atoms with E-state index in [0.717, 1.165) is 24.7 Å². The van der Waals surface area contributed by atoms with Gasteiger partial charge in [-0.2, -0.15) is 5.26 Å². The molecule has 1 saturated carbocycles. The van der Waals surface area contributed by atoms with Crippen LogP contribution in [0, 0.1) is 29.1 Å². The fourth-order valence-electron chi connectivity index (χ4n) is 4.38. The Hall–Kier alpha value is -1.19. The second-order valence-electron chi connectivity index (χ2n) is 8.88. The number of ether oxygens (including phenoxy) is 1. The highest BCUT2D eigenvalue weighted by molar-refractivity contribution is 7.44. The molecule has 3 atom stereocenters. The molecule has 31 heavy (non-hydrogen) atoms. The lowest BCUT2D eigenvalue weighted by atomic mass is 10.1. The van der Waals surface area contributed by atoms with E-state index in [9.17, 15) is 4.79 Å². The first-order valence-electron chi connectivity index (χ1n) is 11.7. The number of carbonyl (C=O) groups excluding carboxylic acids is 1. The van der Waals surface area contributed by atoms with Gasteiger partial charge in [0.1, 0.15) is 0 Å². The van der Waals surface area contributed by atoms with E-state index in [1.807, 2.05) is 0 Å². The molecule has 1 amide bonds. The minimum absolute atomic E-state index is 0.275. The van der Waals surface area contributed by atoms with E-state index in [0.29, 0.717) is 45.1 Å². The van der Waals surface area contributed by atoms with Gasteiger partial charge in [0, 0.05) is 18.6 Å². The van der Waals surface area contributed by atoms with Crippen LogP contribution in [0.15, 0.2) is 12.2 Å². The van der Waals surface area contributed by atoms with Crippen molar-refractivity contribution in [3.63, 3.8) is 0 Å². The maximum Gasteiger partial charge on any atom is 0.407 e. The van der Waals surface area contributed by atoms with Gasteiger partial charge in [-0.25, -0.2) is 9.46 Å². The Morgan fingerprint density at radius 2 is 1.74 bits per heavy atom. The van der Waals surface area contributed by atoms with E-state index in [-0.39, 0.29) is 18.2 Å². The topological polar surface area (TPSA) is 83.8 Å². The minimum atomic E-state index is -1.23. The average molecular weight is 454 g/mol. The number of carbonyl (C=O) groups is 1. The number of hydrogen-bond donors (Lipinski definition) is 1. The molecule has 0 aromatic rings. The van der Waals surface area contributed by atoms with Crippen LogP contribution in [0.4, 0.5) is 4.79 Å². The van der Waals surface area contributed by atoms with Gasteiger partial charge in [-0.05, 0) is 77.6 Å². The highest BCUT2D eigenvalue weighted by Crippen LogP contribution is 2.52. The minimum Gasteiger partial charge on any atom is -0.449 e. The molecule has 7 nitrogen and oxygen atoms in total. The summed E-state index contributed by atoms with van der Waals surface area (Å²) in [6, 6.07) is 2.65. The molecule has 176 valence electrons. The number of hydrogen-bond acceptors (Lipinski definition) is 6. The lowest BCUT2D eigenvalue weighted by Crippen LogP contribution is -2.34. The predicted octanol–water partition coefficient (Wildman–Crippen LogP) is 5.39. The van der Waals surface area contributed by atoms with Crippen molar-refractivity contribution in [3.8, 4) is 6.07 Å². The molecule has 0 aromatic carbocycles. The highest BCUT2D eigenvalue weighted by Gasteiger charge is 2.49. The fraction of sp³-hybridized carbons (Fsp3) is 0.826. The predicted molar refractivity (Wildman–Crippen MR) is 123 cm³/mol. The molecular formula is C23H40N3O4P. The summed E-state index contributed by atoms with van der Waals surface area (Å²) in [5.74, 6) is 2.01. The van der Waals surface area contributed by atoms with E-state index in [1.54, 1.807) is 0 Å². The lowest BCUT2D eigenvalue weighted by Gasteiger charge is -2.35. The highest BCUT2D eigenvalue weighted by atomic mass is 31.2. The van der Waals surface area contributed by atoms with Gasteiger partial charge in [-0.1, -0.05) is 12.2 Å². The summed E-state index contributed by atoms with van der Waals surface area (Å²) < 4.78 is 19.5. The van der Waals surface area contributed by atoms with E-state index in [2.05, 4.69) is 55.9 Å². The first-order chi connectivity index (χ1) is 15.0. The van der Waals surface area contributed by atoms with Crippen LogP contribution in [0.3, 0.4) is 0 Å². The molecule has 0 bridgehead atoms. The number of rotatable bonds is 13. The third-order valence-corrected chi connectivity index (χ3v) is 7.98. The Kier molecular flexibility index (Phi) is 11.8. The van der Waals surface area contributed by atoms with Crippen molar-refractivity contribution in [1.29, 1.82) is 5.26 Å². The van der Waals surface area contributed by atoms with Gasteiger partial charge < -0.3 is 19.1 Å². The molecule has 0 aliphatic heterocycles. The Bertz CT molecular complexity index is 584. The Morgan fingerprint density at radius 1 is 1.13 bits per heavy atom. The average Bonchev–Trinajstić information content (AvgIpc) is 3.34. The van der Waals surface area contributed by atoms with Gasteiger partial charge in [-0.3, -0.25) is 0 Å². The number of nitriles is 1. The maximum atomic E-state index is 12.0. The summed E-state index contributed by atoms with van der Waals surface area (Å²) in [6.07, 6.45) is 9.99. The molecule has 0 aromatic heterocycles. The van der Waals surface area contributed by atoms with Gasteiger partial charge in [0.25, 0.3) is 8.53 Å². The molecular weight excluding hydrogens is 413 g/mol. The van der Waals surface area contributed by atoms with E-state index in [4.69, 9.17) is 19.0 Å². The molecule has 0 heterocycles. The van der Waals surface area contributed by atoms with Crippen molar-refractivity contribution in [2.24, 2.45) is 17.8 Å². The fourth-order valence-corrected chi connectivity index (χ4v) is 6.01. The Morgan fingerprint density at radius 3 is 2.32 bits per heavy atom. The lowest BCUT2D eigenvalue weighted by molar-refractivity contribution is 0.136. The smallest absolute Gasteiger partial charge is 0.407 e. The van der Waals surface area contributed by atoms with Crippen LogP contribution in [-0.4, -0.2) is 49.2 Å². The normalized spacial score (nSPS) is 24.8. The zero-order valence-corrected chi connectivity index (χ0v) is 20.5. The molecule has 0 saturated heterocycles.